The maximum Gasteiger partial charge on any atom is 0.333 e. The number of hydrogen-bond donors (Lipinski definition) is 4. The number of fused-ring (bicyclic) bond motifs is 3. The Labute approximate surface area is 227 Å². The van der Waals surface area contributed by atoms with Crippen molar-refractivity contribution >= 4 is 39.7 Å². The fourth-order valence-corrected chi connectivity index (χ4v) is 5.58. The van der Waals surface area contributed by atoms with Gasteiger partial charge >= 0.3 is 6.03 Å². The van der Waals surface area contributed by atoms with Crippen molar-refractivity contribution in [2.45, 2.75) is 12.8 Å². The van der Waals surface area contributed by atoms with Gasteiger partial charge in [0.05, 0.1) is 45.6 Å². The summed E-state index contributed by atoms with van der Waals surface area (Å²) in [6.07, 6.45) is 2.57. The molecule has 4 aromatic rings. The number of nitrogens with zero attached hydrogens (tertiary/aromatic N) is 3. The Morgan fingerprint density at radius 1 is 1.03 bits per heavy atom. The molecule has 0 spiro atoms. The maximum atomic E-state index is 13.6. The predicted octanol–water partition coefficient (Wildman–Crippen LogP) is 3.68. The lowest BCUT2D eigenvalue weighted by Crippen LogP contribution is -2.49. The van der Waals surface area contributed by atoms with Gasteiger partial charge in [-0.15, -0.1) is 11.3 Å². The van der Waals surface area contributed by atoms with Gasteiger partial charge in [-0.05, 0) is 36.8 Å². The SMILES string of the molecule is O=C(CCc1ccccn1)Nc1ccc(-c2n[nH]c3c2C(=O)c2c(NC(=O)NN4CCOCC4)cccc2-3)s1. The van der Waals surface area contributed by atoms with Crippen molar-refractivity contribution in [1.82, 2.24) is 25.6 Å². The number of hydrogen-bond acceptors (Lipinski definition) is 8. The fourth-order valence-electron chi connectivity index (χ4n) is 4.66. The van der Waals surface area contributed by atoms with E-state index in [1.807, 2.05) is 30.3 Å². The number of ketones is 1. The summed E-state index contributed by atoms with van der Waals surface area (Å²) in [5.41, 5.74) is 6.74. The van der Waals surface area contributed by atoms with Crippen LogP contribution in [0.2, 0.25) is 0 Å². The molecule has 4 heterocycles. The number of thiophene rings is 1. The second kappa shape index (κ2) is 10.8. The summed E-state index contributed by atoms with van der Waals surface area (Å²) in [5, 5.41) is 15.6. The molecule has 2 aliphatic rings. The molecule has 0 saturated carbocycles. The van der Waals surface area contributed by atoms with Gasteiger partial charge in [0.25, 0.3) is 0 Å². The highest BCUT2D eigenvalue weighted by Gasteiger charge is 2.35. The van der Waals surface area contributed by atoms with Gasteiger partial charge in [0.1, 0.15) is 5.69 Å². The number of aryl methyl sites for hydroxylation is 1. The van der Waals surface area contributed by atoms with Crippen LogP contribution in [0.4, 0.5) is 15.5 Å². The number of hydrazine groups is 1. The van der Waals surface area contributed by atoms with Crippen LogP contribution in [-0.2, 0) is 16.0 Å². The zero-order chi connectivity index (χ0) is 26.8. The van der Waals surface area contributed by atoms with Gasteiger partial charge in [-0.3, -0.25) is 25.1 Å². The molecule has 1 saturated heterocycles. The summed E-state index contributed by atoms with van der Waals surface area (Å²) in [5.74, 6) is -0.337. The molecule has 1 aliphatic heterocycles. The molecule has 3 aromatic heterocycles. The van der Waals surface area contributed by atoms with Crippen molar-refractivity contribution in [3.05, 3.63) is 71.5 Å². The van der Waals surface area contributed by atoms with E-state index in [1.165, 1.54) is 11.3 Å². The standard InChI is InChI=1S/C27H25N7O4S/c35-20(9-7-16-4-1-2-11-28-16)30-21-10-8-19(39-21)25-23-24(31-32-25)17-5-3-6-18(22(17)26(23)36)29-27(37)33-34-12-14-38-15-13-34/h1-6,8,10-11H,7,9,12-15H2,(H,30,35)(H,31,32)(H2,29,33,37). The van der Waals surface area contributed by atoms with Gasteiger partial charge in [-0.2, -0.15) is 5.10 Å². The summed E-state index contributed by atoms with van der Waals surface area (Å²) in [6.45, 7) is 2.27. The number of aromatic amines is 1. The smallest absolute Gasteiger partial charge is 0.333 e. The van der Waals surface area contributed by atoms with Crippen LogP contribution in [0.15, 0.2) is 54.7 Å². The molecule has 1 aromatic carbocycles. The summed E-state index contributed by atoms with van der Waals surface area (Å²) < 4.78 is 5.31. The zero-order valence-electron chi connectivity index (χ0n) is 20.8. The molecule has 0 radical (unpaired) electrons. The Bertz CT molecular complexity index is 1540. The highest BCUT2D eigenvalue weighted by Crippen LogP contribution is 2.44. The van der Waals surface area contributed by atoms with E-state index in [-0.39, 0.29) is 11.7 Å². The van der Waals surface area contributed by atoms with Crippen LogP contribution in [0, 0.1) is 0 Å². The van der Waals surface area contributed by atoms with Crippen molar-refractivity contribution in [2.75, 3.05) is 36.9 Å². The second-order valence-corrected chi connectivity index (χ2v) is 10.2. The third kappa shape index (κ3) is 5.17. The normalized spacial score (nSPS) is 14.5. The van der Waals surface area contributed by atoms with Crippen LogP contribution in [0.5, 0.6) is 0 Å². The molecule has 1 fully saturated rings. The fraction of sp³-hybridized carbons (Fsp3) is 0.222. The van der Waals surface area contributed by atoms with E-state index in [2.05, 4.69) is 31.2 Å². The molecule has 39 heavy (non-hydrogen) atoms. The number of morpholine rings is 1. The Kier molecular flexibility index (Phi) is 6.88. The third-order valence-electron chi connectivity index (χ3n) is 6.51. The highest BCUT2D eigenvalue weighted by molar-refractivity contribution is 7.19. The number of urea groups is 1. The van der Waals surface area contributed by atoms with Crippen molar-refractivity contribution < 1.29 is 19.1 Å². The van der Waals surface area contributed by atoms with Crippen LogP contribution in [0.3, 0.4) is 0 Å². The number of benzene rings is 1. The van der Waals surface area contributed by atoms with Gasteiger partial charge in [0.15, 0.2) is 5.78 Å². The summed E-state index contributed by atoms with van der Waals surface area (Å²) >= 11 is 1.34. The topological polar surface area (TPSA) is 141 Å². The minimum atomic E-state index is -0.423. The molecule has 0 atom stereocenters. The number of carbonyl (C=O) groups is 3. The molecule has 1 aliphatic carbocycles. The number of aromatic nitrogens is 3. The molecule has 3 amide bonds. The van der Waals surface area contributed by atoms with Crippen molar-refractivity contribution in [2.24, 2.45) is 0 Å². The first-order valence-corrected chi connectivity index (χ1v) is 13.4. The van der Waals surface area contributed by atoms with Crippen LogP contribution in [0.1, 0.15) is 28.0 Å². The predicted molar refractivity (Wildman–Crippen MR) is 147 cm³/mol. The van der Waals surface area contributed by atoms with Gasteiger partial charge < -0.3 is 15.4 Å². The van der Waals surface area contributed by atoms with E-state index in [9.17, 15) is 14.4 Å². The van der Waals surface area contributed by atoms with Gasteiger partial charge in [-0.25, -0.2) is 9.80 Å². The molecule has 6 rings (SSSR count). The lowest BCUT2D eigenvalue weighted by Gasteiger charge is -2.27. The van der Waals surface area contributed by atoms with E-state index >= 15 is 0 Å². The molecule has 4 N–H and O–H groups in total. The second-order valence-electron chi connectivity index (χ2n) is 9.08. The number of pyridine rings is 1. The first-order chi connectivity index (χ1) is 19.1. The Hall–Kier alpha value is -4.39. The van der Waals surface area contributed by atoms with Crippen LogP contribution >= 0.6 is 11.3 Å². The monoisotopic (exact) mass is 543 g/mol. The van der Waals surface area contributed by atoms with Gasteiger partial charge in [0.2, 0.25) is 5.91 Å². The third-order valence-corrected chi connectivity index (χ3v) is 7.52. The largest absolute Gasteiger partial charge is 0.379 e. The average Bonchev–Trinajstić information content (AvgIpc) is 3.66. The molecule has 0 unspecified atom stereocenters. The van der Waals surface area contributed by atoms with E-state index < -0.39 is 6.03 Å². The van der Waals surface area contributed by atoms with Gasteiger partial charge in [-0.1, -0.05) is 18.2 Å². The maximum absolute atomic E-state index is 13.6. The number of ether oxygens (including phenoxy) is 1. The number of amides is 3. The summed E-state index contributed by atoms with van der Waals surface area (Å²) in [4.78, 5) is 43.7. The number of H-pyrrole nitrogens is 1. The van der Waals surface area contributed by atoms with Crippen molar-refractivity contribution in [1.29, 1.82) is 0 Å². The lowest BCUT2D eigenvalue weighted by molar-refractivity contribution is -0.116. The van der Waals surface area contributed by atoms with Crippen LogP contribution in [0.25, 0.3) is 21.8 Å². The van der Waals surface area contributed by atoms with Gasteiger partial charge in [0, 0.05) is 37.0 Å². The molecule has 11 nitrogen and oxygen atoms in total. The zero-order valence-corrected chi connectivity index (χ0v) is 21.6. The quantitative estimate of drug-likeness (QED) is 0.245. The first kappa shape index (κ1) is 24.9. The van der Waals surface area contributed by atoms with E-state index in [0.717, 1.165) is 10.6 Å². The molecule has 12 heteroatoms. The Balaban J connectivity index is 1.16. The van der Waals surface area contributed by atoms with E-state index in [4.69, 9.17) is 4.74 Å². The van der Waals surface area contributed by atoms with Crippen LogP contribution in [-0.4, -0.2) is 64.2 Å². The Morgan fingerprint density at radius 3 is 2.72 bits per heavy atom. The molecular weight excluding hydrogens is 518 g/mol. The molecule has 0 bridgehead atoms. The van der Waals surface area contributed by atoms with E-state index in [1.54, 1.807) is 29.4 Å². The number of anilines is 2. The number of rotatable bonds is 7. The van der Waals surface area contributed by atoms with Crippen molar-refractivity contribution in [3.8, 4) is 21.8 Å². The lowest BCUT2D eigenvalue weighted by atomic mass is 10.1. The minimum Gasteiger partial charge on any atom is -0.379 e. The Morgan fingerprint density at radius 2 is 1.90 bits per heavy atom. The molecular formula is C27H25N7O4S. The average molecular weight is 544 g/mol. The molecule has 198 valence electrons. The van der Waals surface area contributed by atoms with Crippen molar-refractivity contribution in [3.63, 3.8) is 0 Å². The summed E-state index contributed by atoms with van der Waals surface area (Å²) in [6, 6.07) is 14.2. The number of nitrogens with one attached hydrogen (secondary N) is 4. The number of carbonyl (C=O) groups excluding carboxylic acids is 3. The van der Waals surface area contributed by atoms with Crippen LogP contribution < -0.4 is 16.1 Å². The summed E-state index contributed by atoms with van der Waals surface area (Å²) in [7, 11) is 0. The highest BCUT2D eigenvalue weighted by atomic mass is 32.1. The first-order valence-electron chi connectivity index (χ1n) is 12.5. The van der Waals surface area contributed by atoms with E-state index in [0.29, 0.717) is 77.9 Å². The minimum absolute atomic E-state index is 0.115.